The van der Waals surface area contributed by atoms with E-state index >= 15 is 0 Å². The summed E-state index contributed by atoms with van der Waals surface area (Å²) in [6, 6.07) is 1.97. The molecule has 0 fully saturated rings. The van der Waals surface area contributed by atoms with Gasteiger partial charge < -0.3 is 9.64 Å². The van der Waals surface area contributed by atoms with E-state index in [4.69, 9.17) is 0 Å². The van der Waals surface area contributed by atoms with Crippen LogP contribution in [0.3, 0.4) is 0 Å². The van der Waals surface area contributed by atoms with Gasteiger partial charge in [0, 0.05) is 25.2 Å². The minimum absolute atomic E-state index is 0.0142. The zero-order chi connectivity index (χ0) is 15.1. The van der Waals surface area contributed by atoms with Gasteiger partial charge in [0.2, 0.25) is 5.91 Å². The van der Waals surface area contributed by atoms with Gasteiger partial charge in [0.05, 0.1) is 12.8 Å². The quantitative estimate of drug-likeness (QED) is 0.707. The van der Waals surface area contributed by atoms with Gasteiger partial charge in [-0.2, -0.15) is 5.10 Å². The van der Waals surface area contributed by atoms with E-state index in [1.54, 1.807) is 0 Å². The van der Waals surface area contributed by atoms with E-state index in [0.717, 1.165) is 17.8 Å². The first-order valence-electron chi connectivity index (χ1n) is 6.83. The minimum Gasteiger partial charge on any atom is -0.468 e. The summed E-state index contributed by atoms with van der Waals surface area (Å²) in [4.78, 5) is 25.0. The largest absolute Gasteiger partial charge is 0.468 e. The fraction of sp³-hybridized carbons (Fsp3) is 0.643. The number of ether oxygens (including phenoxy) is 1. The third-order valence-corrected chi connectivity index (χ3v) is 3.03. The van der Waals surface area contributed by atoms with Crippen molar-refractivity contribution in [3.63, 3.8) is 0 Å². The fourth-order valence-electron chi connectivity index (χ4n) is 2.04. The summed E-state index contributed by atoms with van der Waals surface area (Å²) in [7, 11) is 1.33. The Morgan fingerprint density at radius 1 is 1.40 bits per heavy atom. The van der Waals surface area contributed by atoms with Crippen molar-refractivity contribution in [2.24, 2.45) is 0 Å². The second-order valence-electron chi connectivity index (χ2n) is 4.79. The first kappa shape index (κ1) is 16.2. The van der Waals surface area contributed by atoms with Crippen molar-refractivity contribution >= 4 is 11.9 Å². The second kappa shape index (κ2) is 7.67. The van der Waals surface area contributed by atoms with Crippen LogP contribution >= 0.6 is 0 Å². The summed E-state index contributed by atoms with van der Waals surface area (Å²) in [5.74, 6) is -0.442. The zero-order valence-electron chi connectivity index (χ0n) is 12.7. The monoisotopic (exact) mass is 281 g/mol. The first-order chi connectivity index (χ1) is 9.47. The lowest BCUT2D eigenvalue weighted by molar-refractivity contribution is -0.147. The molecule has 0 bridgehead atoms. The van der Waals surface area contributed by atoms with Gasteiger partial charge in [-0.05, 0) is 26.3 Å². The summed E-state index contributed by atoms with van der Waals surface area (Å²) < 4.78 is 6.43. The predicted molar refractivity (Wildman–Crippen MR) is 75.2 cm³/mol. The van der Waals surface area contributed by atoms with E-state index in [0.29, 0.717) is 19.5 Å². The van der Waals surface area contributed by atoms with Crippen LogP contribution in [-0.4, -0.2) is 46.8 Å². The molecule has 1 heterocycles. The number of hydrogen-bond acceptors (Lipinski definition) is 4. The lowest BCUT2D eigenvalue weighted by Gasteiger charge is -2.20. The molecule has 0 saturated carbocycles. The maximum Gasteiger partial charge on any atom is 0.325 e. The SMILES string of the molecule is CCCN(CC(=O)OC)C(=O)CCn1nc(C)cc1C. The summed E-state index contributed by atoms with van der Waals surface area (Å²) in [6.07, 6.45) is 1.14. The van der Waals surface area contributed by atoms with Crippen molar-refractivity contribution in [3.8, 4) is 0 Å². The van der Waals surface area contributed by atoms with Gasteiger partial charge in [-0.1, -0.05) is 6.92 Å². The van der Waals surface area contributed by atoms with Gasteiger partial charge in [0.25, 0.3) is 0 Å². The molecule has 0 aliphatic heterocycles. The lowest BCUT2D eigenvalue weighted by Crippen LogP contribution is -2.37. The van der Waals surface area contributed by atoms with Crippen molar-refractivity contribution in [3.05, 3.63) is 17.5 Å². The van der Waals surface area contributed by atoms with Gasteiger partial charge in [-0.15, -0.1) is 0 Å². The fourth-order valence-corrected chi connectivity index (χ4v) is 2.04. The average Bonchev–Trinajstić information content (AvgIpc) is 2.73. The third kappa shape index (κ3) is 4.68. The van der Waals surface area contributed by atoms with Crippen LogP contribution in [0.25, 0.3) is 0 Å². The van der Waals surface area contributed by atoms with Crippen LogP contribution in [0, 0.1) is 13.8 Å². The third-order valence-electron chi connectivity index (χ3n) is 3.03. The van der Waals surface area contributed by atoms with E-state index in [2.05, 4.69) is 9.84 Å². The second-order valence-corrected chi connectivity index (χ2v) is 4.79. The van der Waals surface area contributed by atoms with E-state index < -0.39 is 5.97 Å². The van der Waals surface area contributed by atoms with Gasteiger partial charge >= 0.3 is 5.97 Å². The van der Waals surface area contributed by atoms with Gasteiger partial charge in [0.15, 0.2) is 0 Å². The molecule has 0 spiro atoms. The number of aromatic nitrogens is 2. The molecule has 0 N–H and O–H groups in total. The number of aryl methyl sites for hydroxylation is 3. The predicted octanol–water partition coefficient (Wildman–Crippen LogP) is 1.30. The summed E-state index contributed by atoms with van der Waals surface area (Å²) >= 11 is 0. The molecule has 0 unspecified atom stereocenters. The molecule has 20 heavy (non-hydrogen) atoms. The molecule has 6 nitrogen and oxygen atoms in total. The van der Waals surface area contributed by atoms with Gasteiger partial charge in [-0.3, -0.25) is 14.3 Å². The first-order valence-corrected chi connectivity index (χ1v) is 6.83. The topological polar surface area (TPSA) is 64.4 Å². The van der Waals surface area contributed by atoms with Crippen LogP contribution in [0.2, 0.25) is 0 Å². The Morgan fingerprint density at radius 3 is 2.60 bits per heavy atom. The normalized spacial score (nSPS) is 10.4. The van der Waals surface area contributed by atoms with Crippen LogP contribution in [0.5, 0.6) is 0 Å². The molecule has 0 atom stereocenters. The Kier molecular flexibility index (Phi) is 6.21. The molecular formula is C14H23N3O3. The molecule has 1 amide bonds. The molecular weight excluding hydrogens is 258 g/mol. The smallest absolute Gasteiger partial charge is 0.325 e. The Bertz CT molecular complexity index is 468. The minimum atomic E-state index is -0.391. The van der Waals surface area contributed by atoms with Crippen LogP contribution in [0.4, 0.5) is 0 Å². The highest BCUT2D eigenvalue weighted by atomic mass is 16.5. The Labute approximate surface area is 119 Å². The number of nitrogens with zero attached hydrogens (tertiary/aromatic N) is 3. The van der Waals surface area contributed by atoms with Crippen LogP contribution in [0.15, 0.2) is 6.07 Å². The van der Waals surface area contributed by atoms with Crippen molar-refractivity contribution < 1.29 is 14.3 Å². The van der Waals surface area contributed by atoms with E-state index in [1.807, 2.05) is 31.5 Å². The molecule has 0 aromatic carbocycles. The molecule has 0 aliphatic carbocycles. The average molecular weight is 281 g/mol. The molecule has 1 rings (SSSR count). The highest BCUT2D eigenvalue weighted by Crippen LogP contribution is 2.05. The maximum absolute atomic E-state index is 12.2. The van der Waals surface area contributed by atoms with Crippen molar-refractivity contribution in [1.29, 1.82) is 0 Å². The molecule has 0 aliphatic rings. The molecule has 0 saturated heterocycles. The number of amides is 1. The Hall–Kier alpha value is -1.85. The number of rotatable bonds is 7. The van der Waals surface area contributed by atoms with Crippen LogP contribution in [-0.2, 0) is 20.9 Å². The highest BCUT2D eigenvalue weighted by molar-refractivity contribution is 5.81. The molecule has 0 radical (unpaired) electrons. The van der Waals surface area contributed by atoms with E-state index in [1.165, 1.54) is 12.0 Å². The van der Waals surface area contributed by atoms with E-state index in [9.17, 15) is 9.59 Å². The number of carbonyl (C=O) groups excluding carboxylic acids is 2. The van der Waals surface area contributed by atoms with Crippen LogP contribution < -0.4 is 0 Å². The summed E-state index contributed by atoms with van der Waals surface area (Å²) in [6.45, 7) is 6.96. The van der Waals surface area contributed by atoms with E-state index in [-0.39, 0.29) is 12.5 Å². The van der Waals surface area contributed by atoms with Gasteiger partial charge in [-0.25, -0.2) is 0 Å². The number of carbonyl (C=O) groups is 2. The summed E-state index contributed by atoms with van der Waals surface area (Å²) in [5.41, 5.74) is 1.97. The number of hydrogen-bond donors (Lipinski definition) is 0. The standard InChI is InChI=1S/C14H23N3O3/c1-5-7-16(10-14(19)20-4)13(18)6-8-17-12(3)9-11(2)15-17/h9H,5-8,10H2,1-4H3. The summed E-state index contributed by atoms with van der Waals surface area (Å²) in [5, 5.41) is 4.32. The maximum atomic E-state index is 12.2. The van der Waals surface area contributed by atoms with Gasteiger partial charge in [0.1, 0.15) is 6.54 Å². The number of esters is 1. The molecule has 1 aromatic heterocycles. The Balaban J connectivity index is 2.57. The zero-order valence-corrected chi connectivity index (χ0v) is 12.7. The highest BCUT2D eigenvalue weighted by Gasteiger charge is 2.17. The molecule has 6 heteroatoms. The molecule has 1 aromatic rings. The van der Waals surface area contributed by atoms with Crippen molar-refractivity contribution in [1.82, 2.24) is 14.7 Å². The number of methoxy groups -OCH3 is 1. The van der Waals surface area contributed by atoms with Crippen molar-refractivity contribution in [2.45, 2.75) is 40.2 Å². The van der Waals surface area contributed by atoms with Crippen molar-refractivity contribution in [2.75, 3.05) is 20.2 Å². The lowest BCUT2D eigenvalue weighted by atomic mass is 10.3. The van der Waals surface area contributed by atoms with Crippen LogP contribution in [0.1, 0.15) is 31.2 Å². The Morgan fingerprint density at radius 2 is 2.10 bits per heavy atom. The molecule has 112 valence electrons.